The number of aliphatic hydroxyl groups excluding tert-OH is 1. The standard InChI is InChI=1S/C7H14O3/c1-5(2)6(3-4-8)7(9)10/h5-6,8H,3-4H2,1-2H3,(H,9,10)/p-1. The summed E-state index contributed by atoms with van der Waals surface area (Å²) in [5, 5.41) is 18.8. The molecule has 0 amide bonds. The second-order valence-electron chi connectivity index (χ2n) is 2.68. The first kappa shape index (κ1) is 9.43. The van der Waals surface area contributed by atoms with Crippen LogP contribution in [0.5, 0.6) is 0 Å². The Hall–Kier alpha value is -0.570. The normalized spacial score (nSPS) is 13.6. The lowest BCUT2D eigenvalue weighted by atomic mass is 9.93. The fourth-order valence-electron chi connectivity index (χ4n) is 0.862. The second-order valence-corrected chi connectivity index (χ2v) is 2.68. The molecule has 0 saturated carbocycles. The molecule has 0 aromatic rings. The lowest BCUT2D eigenvalue weighted by Gasteiger charge is -2.20. The van der Waals surface area contributed by atoms with Crippen LogP contribution in [0.25, 0.3) is 0 Å². The van der Waals surface area contributed by atoms with Gasteiger partial charge in [0.2, 0.25) is 0 Å². The highest BCUT2D eigenvalue weighted by molar-refractivity contribution is 5.67. The summed E-state index contributed by atoms with van der Waals surface area (Å²) in [5.74, 6) is -1.54. The summed E-state index contributed by atoms with van der Waals surface area (Å²) in [6, 6.07) is 0. The van der Waals surface area contributed by atoms with Crippen molar-refractivity contribution in [3.8, 4) is 0 Å². The van der Waals surface area contributed by atoms with Crippen LogP contribution >= 0.6 is 0 Å². The highest BCUT2D eigenvalue weighted by Gasteiger charge is 2.12. The molecule has 0 saturated heterocycles. The van der Waals surface area contributed by atoms with Crippen LogP contribution in [0.4, 0.5) is 0 Å². The Kier molecular flexibility index (Phi) is 4.03. The molecule has 3 nitrogen and oxygen atoms in total. The van der Waals surface area contributed by atoms with Crippen molar-refractivity contribution in [2.75, 3.05) is 6.61 Å². The van der Waals surface area contributed by atoms with Crippen LogP contribution in [0.15, 0.2) is 0 Å². The average Bonchev–Trinajstić information content (AvgIpc) is 1.81. The first-order chi connectivity index (χ1) is 4.59. The number of hydrogen-bond donors (Lipinski definition) is 1. The fraction of sp³-hybridized carbons (Fsp3) is 0.857. The number of hydrogen-bond acceptors (Lipinski definition) is 3. The van der Waals surface area contributed by atoms with E-state index in [4.69, 9.17) is 5.11 Å². The molecule has 0 aliphatic rings. The van der Waals surface area contributed by atoms with Crippen molar-refractivity contribution >= 4 is 5.97 Å². The number of carboxylic acids is 1. The lowest BCUT2D eigenvalue weighted by molar-refractivity contribution is -0.313. The van der Waals surface area contributed by atoms with Gasteiger partial charge in [-0.25, -0.2) is 0 Å². The molecule has 0 aromatic heterocycles. The minimum atomic E-state index is -1.07. The zero-order valence-corrected chi connectivity index (χ0v) is 6.33. The van der Waals surface area contributed by atoms with Crippen molar-refractivity contribution < 1.29 is 15.0 Å². The van der Waals surface area contributed by atoms with Gasteiger partial charge in [0.15, 0.2) is 0 Å². The minimum absolute atomic E-state index is 0.0390. The summed E-state index contributed by atoms with van der Waals surface area (Å²) in [7, 11) is 0. The summed E-state index contributed by atoms with van der Waals surface area (Å²) in [5.41, 5.74) is 0. The molecule has 0 heterocycles. The van der Waals surface area contributed by atoms with Gasteiger partial charge < -0.3 is 15.0 Å². The molecule has 0 rings (SSSR count). The van der Waals surface area contributed by atoms with Gasteiger partial charge >= 0.3 is 0 Å². The molecule has 0 fully saturated rings. The number of aliphatic carboxylic acids is 1. The van der Waals surface area contributed by atoms with E-state index < -0.39 is 11.9 Å². The van der Waals surface area contributed by atoms with Crippen molar-refractivity contribution in [3.05, 3.63) is 0 Å². The average molecular weight is 145 g/mol. The molecule has 10 heavy (non-hydrogen) atoms. The highest BCUT2D eigenvalue weighted by Crippen LogP contribution is 2.12. The topological polar surface area (TPSA) is 60.4 Å². The predicted octanol–water partition coefficient (Wildman–Crippen LogP) is -0.609. The molecular formula is C7H13O3-. The number of carbonyl (C=O) groups excluding carboxylic acids is 1. The maximum Gasteiger partial charge on any atom is 0.0448 e. The first-order valence-electron chi connectivity index (χ1n) is 3.41. The van der Waals surface area contributed by atoms with Crippen LogP contribution in [0.1, 0.15) is 20.3 Å². The zero-order chi connectivity index (χ0) is 8.15. The molecular weight excluding hydrogens is 132 g/mol. The van der Waals surface area contributed by atoms with Gasteiger partial charge in [0.05, 0.1) is 0 Å². The molecule has 0 aromatic carbocycles. The lowest BCUT2D eigenvalue weighted by Crippen LogP contribution is -2.34. The molecule has 0 spiro atoms. The highest BCUT2D eigenvalue weighted by atomic mass is 16.4. The minimum Gasteiger partial charge on any atom is -0.550 e. The molecule has 1 atom stereocenters. The third-order valence-electron chi connectivity index (χ3n) is 1.55. The SMILES string of the molecule is CC(C)C(CCO)C(=O)[O-]. The summed E-state index contributed by atoms with van der Waals surface area (Å²) < 4.78 is 0. The van der Waals surface area contributed by atoms with E-state index in [2.05, 4.69) is 0 Å². The van der Waals surface area contributed by atoms with E-state index in [1.807, 2.05) is 0 Å². The summed E-state index contributed by atoms with van der Waals surface area (Å²) in [6.45, 7) is 3.52. The zero-order valence-electron chi connectivity index (χ0n) is 6.33. The number of aliphatic hydroxyl groups is 1. The maximum absolute atomic E-state index is 10.3. The van der Waals surface area contributed by atoms with Crippen LogP contribution in [0.3, 0.4) is 0 Å². The second kappa shape index (κ2) is 4.28. The van der Waals surface area contributed by atoms with Crippen LogP contribution in [-0.4, -0.2) is 17.7 Å². The van der Waals surface area contributed by atoms with Crippen LogP contribution in [0.2, 0.25) is 0 Å². The van der Waals surface area contributed by atoms with E-state index in [1.165, 1.54) is 0 Å². The maximum atomic E-state index is 10.3. The Morgan fingerprint density at radius 1 is 1.60 bits per heavy atom. The first-order valence-corrected chi connectivity index (χ1v) is 3.41. The van der Waals surface area contributed by atoms with Crippen LogP contribution in [0, 0.1) is 11.8 Å². The Balaban J connectivity index is 3.85. The number of carboxylic acid groups (broad SMARTS) is 1. The Labute approximate surface area is 60.7 Å². The van der Waals surface area contributed by atoms with Gasteiger partial charge in [0.1, 0.15) is 0 Å². The Morgan fingerprint density at radius 3 is 2.20 bits per heavy atom. The summed E-state index contributed by atoms with van der Waals surface area (Å²) >= 11 is 0. The van der Waals surface area contributed by atoms with E-state index in [0.717, 1.165) is 0 Å². The monoisotopic (exact) mass is 145 g/mol. The molecule has 3 heteroatoms. The Morgan fingerprint density at radius 2 is 2.10 bits per heavy atom. The van der Waals surface area contributed by atoms with Crippen LogP contribution < -0.4 is 5.11 Å². The van der Waals surface area contributed by atoms with Crippen molar-refractivity contribution in [1.82, 2.24) is 0 Å². The van der Waals surface area contributed by atoms with Crippen molar-refractivity contribution in [2.45, 2.75) is 20.3 Å². The smallest absolute Gasteiger partial charge is 0.0448 e. The molecule has 0 aliphatic carbocycles. The van der Waals surface area contributed by atoms with Crippen molar-refractivity contribution in [3.63, 3.8) is 0 Å². The van der Waals surface area contributed by atoms with E-state index in [1.54, 1.807) is 13.8 Å². The number of rotatable bonds is 4. The van der Waals surface area contributed by atoms with E-state index in [0.29, 0.717) is 6.42 Å². The molecule has 1 unspecified atom stereocenters. The Bertz CT molecular complexity index is 109. The van der Waals surface area contributed by atoms with E-state index in [-0.39, 0.29) is 12.5 Å². The largest absolute Gasteiger partial charge is 0.550 e. The molecule has 0 aliphatic heterocycles. The van der Waals surface area contributed by atoms with Gasteiger partial charge in [0, 0.05) is 18.5 Å². The van der Waals surface area contributed by atoms with Gasteiger partial charge in [-0.3, -0.25) is 0 Å². The number of carbonyl (C=O) groups is 1. The van der Waals surface area contributed by atoms with Gasteiger partial charge in [-0.1, -0.05) is 13.8 Å². The molecule has 60 valence electrons. The van der Waals surface area contributed by atoms with Crippen molar-refractivity contribution in [1.29, 1.82) is 0 Å². The van der Waals surface area contributed by atoms with Crippen molar-refractivity contribution in [2.24, 2.45) is 11.8 Å². The van der Waals surface area contributed by atoms with Gasteiger partial charge in [-0.05, 0) is 12.3 Å². The fourth-order valence-corrected chi connectivity index (χ4v) is 0.862. The summed E-state index contributed by atoms with van der Waals surface area (Å²) in [4.78, 5) is 10.3. The quantitative estimate of drug-likeness (QED) is 0.574. The third-order valence-corrected chi connectivity index (χ3v) is 1.55. The van der Waals surface area contributed by atoms with E-state index in [9.17, 15) is 9.90 Å². The van der Waals surface area contributed by atoms with Gasteiger partial charge in [-0.2, -0.15) is 0 Å². The van der Waals surface area contributed by atoms with Gasteiger partial charge in [0.25, 0.3) is 0 Å². The third kappa shape index (κ3) is 2.82. The van der Waals surface area contributed by atoms with Crippen LogP contribution in [-0.2, 0) is 4.79 Å². The predicted molar refractivity (Wildman–Crippen MR) is 35.0 cm³/mol. The van der Waals surface area contributed by atoms with E-state index >= 15 is 0 Å². The summed E-state index contributed by atoms with van der Waals surface area (Å²) in [6.07, 6.45) is 0.292. The molecule has 0 radical (unpaired) electrons. The van der Waals surface area contributed by atoms with Gasteiger partial charge in [-0.15, -0.1) is 0 Å². The molecule has 1 N–H and O–H groups in total. The molecule has 0 bridgehead atoms.